The molecule has 0 saturated heterocycles. The molecule has 8 heteroatoms. The average Bonchev–Trinajstić information content (AvgIpc) is 3.38. The molecular formula is C25H30N6O2. The summed E-state index contributed by atoms with van der Waals surface area (Å²) in [6.07, 6.45) is 4.99. The Hall–Kier alpha value is -3.23. The molecule has 1 aliphatic rings. The number of benzene rings is 1. The molecule has 3 heterocycles. The maximum atomic E-state index is 10.8. The molecular weight excluding hydrogens is 416 g/mol. The number of aliphatic hydroxyl groups is 2. The van der Waals surface area contributed by atoms with Crippen molar-refractivity contribution in [3.05, 3.63) is 54.5 Å². The fourth-order valence-corrected chi connectivity index (χ4v) is 4.94. The number of nitrogens with two attached hydrogens (primary N) is 1. The van der Waals surface area contributed by atoms with Crippen LogP contribution in [0.5, 0.6) is 0 Å². The number of hydrogen-bond donors (Lipinski definition) is 4. The van der Waals surface area contributed by atoms with E-state index in [9.17, 15) is 10.2 Å². The number of aryl methyl sites for hydroxylation is 1. The van der Waals surface area contributed by atoms with Crippen LogP contribution in [0.3, 0.4) is 0 Å². The summed E-state index contributed by atoms with van der Waals surface area (Å²) in [6, 6.07) is 12.1. The van der Waals surface area contributed by atoms with Gasteiger partial charge in [0.25, 0.3) is 0 Å². The molecule has 3 aromatic heterocycles. The molecule has 33 heavy (non-hydrogen) atoms. The van der Waals surface area contributed by atoms with E-state index in [1.165, 1.54) is 11.9 Å². The number of nitrogen functional groups attached to an aromatic ring is 1. The van der Waals surface area contributed by atoms with Gasteiger partial charge in [0.15, 0.2) is 0 Å². The first-order valence-electron chi connectivity index (χ1n) is 11.6. The normalized spacial score (nSPS) is 22.9. The topological polar surface area (TPSA) is 122 Å². The molecule has 4 atom stereocenters. The predicted molar refractivity (Wildman–Crippen MR) is 130 cm³/mol. The van der Waals surface area contributed by atoms with Gasteiger partial charge in [0, 0.05) is 18.1 Å². The largest absolute Gasteiger partial charge is 0.390 e. The monoisotopic (exact) mass is 446 g/mol. The maximum absolute atomic E-state index is 10.8. The van der Waals surface area contributed by atoms with Crippen LogP contribution < -0.4 is 11.1 Å². The Morgan fingerprint density at radius 2 is 1.97 bits per heavy atom. The van der Waals surface area contributed by atoms with Gasteiger partial charge in [0.05, 0.1) is 23.0 Å². The van der Waals surface area contributed by atoms with Gasteiger partial charge in [-0.2, -0.15) is 0 Å². The summed E-state index contributed by atoms with van der Waals surface area (Å²) in [5.41, 5.74) is 8.79. The second-order valence-corrected chi connectivity index (χ2v) is 8.95. The van der Waals surface area contributed by atoms with Gasteiger partial charge < -0.3 is 25.8 Å². The van der Waals surface area contributed by atoms with E-state index in [1.807, 2.05) is 22.9 Å². The summed E-state index contributed by atoms with van der Waals surface area (Å²) in [4.78, 5) is 13.1. The summed E-state index contributed by atoms with van der Waals surface area (Å²) < 4.78 is 1.92. The van der Waals surface area contributed by atoms with Gasteiger partial charge in [-0.05, 0) is 61.4 Å². The highest BCUT2D eigenvalue weighted by molar-refractivity contribution is 5.86. The molecule has 0 amide bonds. The van der Waals surface area contributed by atoms with Crippen LogP contribution in [0.4, 0.5) is 11.6 Å². The molecule has 1 saturated carbocycles. The van der Waals surface area contributed by atoms with E-state index in [1.54, 1.807) is 0 Å². The van der Waals surface area contributed by atoms with E-state index in [-0.39, 0.29) is 12.0 Å². The van der Waals surface area contributed by atoms with Crippen molar-refractivity contribution in [1.29, 1.82) is 0 Å². The Kier molecular flexibility index (Phi) is 5.86. The minimum Gasteiger partial charge on any atom is -0.390 e. The van der Waals surface area contributed by atoms with Gasteiger partial charge in [-0.15, -0.1) is 0 Å². The van der Waals surface area contributed by atoms with Gasteiger partial charge in [-0.1, -0.05) is 19.1 Å². The molecule has 0 bridgehead atoms. The zero-order chi connectivity index (χ0) is 22.9. The highest BCUT2D eigenvalue weighted by Gasteiger charge is 2.42. The van der Waals surface area contributed by atoms with E-state index in [2.05, 4.69) is 46.5 Å². The zero-order valence-corrected chi connectivity index (χ0v) is 18.7. The number of pyridine rings is 1. The molecule has 8 nitrogen and oxygen atoms in total. The molecule has 0 radical (unpaired) electrons. The predicted octanol–water partition coefficient (Wildman–Crippen LogP) is 3.30. The van der Waals surface area contributed by atoms with Gasteiger partial charge in [0.2, 0.25) is 0 Å². The number of hydrogen-bond acceptors (Lipinski definition) is 7. The van der Waals surface area contributed by atoms with Crippen LogP contribution in [0, 0.1) is 5.92 Å². The lowest BCUT2D eigenvalue weighted by Crippen LogP contribution is -2.29. The third-order valence-electron chi connectivity index (χ3n) is 6.79. The molecule has 0 aliphatic heterocycles. The summed E-state index contributed by atoms with van der Waals surface area (Å²) in [7, 11) is 0. The van der Waals surface area contributed by atoms with Crippen molar-refractivity contribution in [3.63, 3.8) is 0 Å². The Bertz CT molecular complexity index is 1270. The van der Waals surface area contributed by atoms with E-state index >= 15 is 0 Å². The Morgan fingerprint density at radius 3 is 2.82 bits per heavy atom. The van der Waals surface area contributed by atoms with E-state index < -0.39 is 12.2 Å². The Labute approximate surface area is 192 Å². The third-order valence-corrected chi connectivity index (χ3v) is 6.79. The maximum Gasteiger partial charge on any atom is 0.145 e. The standard InChI is InChI=1S/C25H30N6O2/c1-2-10-27-21-8-7-16-5-3-15(12-19(16)30-21)4-6-17-13-20(23(33)22(17)32)31-11-9-18-24(26)28-14-29-25(18)31/h3,5,7-9,11-12,14,17,20,22-23,32-33H,2,4,6,10,13H2,1H3,(H,27,30)(H2,26,28,29)/t17-,20+,22+,23-/m0/s1. The third kappa shape index (κ3) is 4.12. The van der Waals surface area contributed by atoms with Crippen LogP contribution in [-0.4, -0.2) is 48.5 Å². The zero-order valence-electron chi connectivity index (χ0n) is 18.7. The van der Waals surface area contributed by atoms with Gasteiger partial charge in [0.1, 0.15) is 29.7 Å². The van der Waals surface area contributed by atoms with Crippen LogP contribution >= 0.6 is 0 Å². The lowest BCUT2D eigenvalue weighted by Gasteiger charge is -2.19. The molecule has 5 rings (SSSR count). The summed E-state index contributed by atoms with van der Waals surface area (Å²) in [5.74, 6) is 1.30. The summed E-state index contributed by atoms with van der Waals surface area (Å²) in [6.45, 7) is 3.03. The molecule has 0 unspecified atom stereocenters. The van der Waals surface area contributed by atoms with Gasteiger partial charge in [-0.3, -0.25) is 0 Å². The van der Waals surface area contributed by atoms with E-state index in [0.717, 1.165) is 47.9 Å². The molecule has 0 spiro atoms. The van der Waals surface area contributed by atoms with Crippen LogP contribution in [0.15, 0.2) is 48.9 Å². The highest BCUT2D eigenvalue weighted by atomic mass is 16.3. The minimum atomic E-state index is -0.854. The minimum absolute atomic E-state index is 0.0113. The van der Waals surface area contributed by atoms with Gasteiger partial charge in [-0.25, -0.2) is 15.0 Å². The number of nitrogens with one attached hydrogen (secondary N) is 1. The lowest BCUT2D eigenvalue weighted by molar-refractivity contribution is 0.00545. The van der Waals surface area contributed by atoms with Gasteiger partial charge >= 0.3 is 0 Å². The number of rotatable bonds is 7. The first-order valence-corrected chi connectivity index (χ1v) is 11.6. The van der Waals surface area contributed by atoms with Crippen molar-refractivity contribution >= 4 is 33.6 Å². The van der Waals surface area contributed by atoms with Crippen LogP contribution in [0.1, 0.15) is 37.8 Å². The average molecular weight is 447 g/mol. The second-order valence-electron chi connectivity index (χ2n) is 8.95. The number of nitrogens with zero attached hydrogens (tertiary/aromatic N) is 4. The van der Waals surface area contributed by atoms with E-state index in [4.69, 9.17) is 10.7 Å². The molecule has 4 aromatic rings. The van der Waals surface area contributed by atoms with Crippen LogP contribution in [0.25, 0.3) is 21.9 Å². The Balaban J connectivity index is 1.30. The van der Waals surface area contributed by atoms with Crippen LogP contribution in [-0.2, 0) is 6.42 Å². The van der Waals surface area contributed by atoms with E-state index in [0.29, 0.717) is 17.9 Å². The highest BCUT2D eigenvalue weighted by Crippen LogP contribution is 2.39. The number of aromatic nitrogens is 4. The van der Waals surface area contributed by atoms with Crippen molar-refractivity contribution < 1.29 is 10.2 Å². The first-order chi connectivity index (χ1) is 16.0. The van der Waals surface area contributed by atoms with Crippen molar-refractivity contribution in [2.24, 2.45) is 5.92 Å². The number of fused-ring (bicyclic) bond motifs is 2. The number of aliphatic hydroxyl groups excluding tert-OH is 2. The Morgan fingerprint density at radius 1 is 1.12 bits per heavy atom. The SMILES string of the molecule is CCCNc1ccc2ccc(CC[C@H]3C[C@@H](n4ccc5c(N)ncnc54)[C@H](O)[C@@H]3O)cc2n1. The number of anilines is 2. The molecule has 1 aromatic carbocycles. The lowest BCUT2D eigenvalue weighted by atomic mass is 9.95. The quantitative estimate of drug-likeness (QED) is 0.344. The van der Waals surface area contributed by atoms with Crippen molar-refractivity contribution in [2.75, 3.05) is 17.6 Å². The molecule has 1 aliphatic carbocycles. The summed E-state index contributed by atoms with van der Waals surface area (Å²) in [5, 5.41) is 26.8. The van der Waals surface area contributed by atoms with Crippen molar-refractivity contribution in [3.8, 4) is 0 Å². The van der Waals surface area contributed by atoms with Crippen molar-refractivity contribution in [1.82, 2.24) is 19.5 Å². The second kappa shape index (κ2) is 8.96. The van der Waals surface area contributed by atoms with Crippen LogP contribution in [0.2, 0.25) is 0 Å². The molecule has 172 valence electrons. The van der Waals surface area contributed by atoms with Crippen molar-refractivity contribution in [2.45, 2.75) is 50.9 Å². The molecule has 5 N–H and O–H groups in total. The fourth-order valence-electron chi connectivity index (χ4n) is 4.94. The first kappa shape index (κ1) is 21.6. The molecule has 1 fully saturated rings. The fraction of sp³-hybridized carbons (Fsp3) is 0.400. The smallest absolute Gasteiger partial charge is 0.145 e. The summed E-state index contributed by atoms with van der Waals surface area (Å²) >= 11 is 0.